The summed E-state index contributed by atoms with van der Waals surface area (Å²) in [6.45, 7) is 2.89. The monoisotopic (exact) mass is 401 g/mol. The van der Waals surface area contributed by atoms with E-state index in [0.29, 0.717) is 29.5 Å². The van der Waals surface area contributed by atoms with Crippen LogP contribution in [-0.4, -0.2) is 28.8 Å². The molecule has 3 aromatic rings. The molecule has 0 fully saturated rings. The highest BCUT2D eigenvalue weighted by Crippen LogP contribution is 2.18. The third-order valence-corrected chi connectivity index (χ3v) is 4.48. The molecule has 0 radical (unpaired) electrons. The Hall–Kier alpha value is -2.86. The van der Waals surface area contributed by atoms with Crippen molar-refractivity contribution in [2.24, 2.45) is 0 Å². The number of carbonyl (C=O) groups excluding carboxylic acids is 1. The van der Waals surface area contributed by atoms with Crippen LogP contribution >= 0.6 is 11.6 Å². The Morgan fingerprint density at radius 1 is 1.21 bits per heavy atom. The second-order valence-corrected chi connectivity index (χ2v) is 6.74. The molecule has 5 nitrogen and oxygen atoms in total. The van der Waals surface area contributed by atoms with E-state index in [0.717, 1.165) is 24.2 Å². The molecular weight excluding hydrogens is 381 g/mol. The number of ether oxygens (including phenoxy) is 1. The first-order valence-corrected chi connectivity index (χ1v) is 9.39. The van der Waals surface area contributed by atoms with E-state index in [1.807, 2.05) is 19.1 Å². The average molecular weight is 402 g/mol. The molecule has 0 aliphatic heterocycles. The maximum atomic E-state index is 12.8. The third-order valence-electron chi connectivity index (χ3n) is 4.25. The molecule has 7 heteroatoms. The first-order valence-electron chi connectivity index (χ1n) is 9.02. The summed E-state index contributed by atoms with van der Waals surface area (Å²) in [6.07, 6.45) is 3.11. The minimum absolute atomic E-state index is 0.162. The van der Waals surface area contributed by atoms with Gasteiger partial charge in [-0.2, -0.15) is 5.10 Å². The van der Waals surface area contributed by atoms with Gasteiger partial charge in [-0.15, -0.1) is 0 Å². The van der Waals surface area contributed by atoms with E-state index in [4.69, 9.17) is 16.3 Å². The zero-order valence-corrected chi connectivity index (χ0v) is 16.2. The molecule has 0 unspecified atom stereocenters. The van der Waals surface area contributed by atoms with Crippen LogP contribution in [0.2, 0.25) is 5.02 Å². The van der Waals surface area contributed by atoms with Gasteiger partial charge in [0.2, 0.25) is 0 Å². The summed E-state index contributed by atoms with van der Waals surface area (Å²) in [5.74, 6) is 0.184. The second-order valence-electron chi connectivity index (χ2n) is 6.30. The smallest absolute Gasteiger partial charge is 0.254 e. The zero-order valence-electron chi connectivity index (χ0n) is 15.5. The number of aromatic nitrogens is 2. The van der Waals surface area contributed by atoms with Gasteiger partial charge in [-0.05, 0) is 62.2 Å². The van der Waals surface area contributed by atoms with E-state index in [-0.39, 0.29) is 11.7 Å². The van der Waals surface area contributed by atoms with E-state index in [9.17, 15) is 9.18 Å². The van der Waals surface area contributed by atoms with Gasteiger partial charge in [0.05, 0.1) is 29.7 Å². The molecule has 1 N–H and O–H groups in total. The largest absolute Gasteiger partial charge is 0.494 e. The zero-order chi connectivity index (χ0) is 19.9. The molecule has 1 aromatic heterocycles. The number of unbranched alkanes of at least 4 members (excludes halogenated alkanes) is 1. The second kappa shape index (κ2) is 9.37. The Morgan fingerprint density at radius 3 is 2.75 bits per heavy atom. The molecule has 0 saturated carbocycles. The molecular formula is C21H21ClFN3O2. The van der Waals surface area contributed by atoms with Crippen molar-refractivity contribution in [3.05, 3.63) is 76.8 Å². The van der Waals surface area contributed by atoms with Crippen LogP contribution in [-0.2, 0) is 0 Å². The molecule has 28 heavy (non-hydrogen) atoms. The standard InChI is InChI=1S/C21H21ClFN3O2/c1-15-20(14-25-26(15)18-6-4-5-16(22)13-18)21(27)24-11-2-3-12-28-19-9-7-17(23)8-10-19/h4-10,13-14H,2-3,11-12H2,1H3,(H,24,27). The van der Waals surface area contributed by atoms with Crippen LogP contribution in [0.3, 0.4) is 0 Å². The van der Waals surface area contributed by atoms with Gasteiger partial charge >= 0.3 is 0 Å². The van der Waals surface area contributed by atoms with Gasteiger partial charge in [0.15, 0.2) is 0 Å². The van der Waals surface area contributed by atoms with Crippen molar-refractivity contribution in [1.82, 2.24) is 15.1 Å². The van der Waals surface area contributed by atoms with Crippen LogP contribution in [0.15, 0.2) is 54.7 Å². The lowest BCUT2D eigenvalue weighted by molar-refractivity contribution is 0.0951. The maximum absolute atomic E-state index is 12.8. The Morgan fingerprint density at radius 2 is 2.00 bits per heavy atom. The summed E-state index contributed by atoms with van der Waals surface area (Å²) in [4.78, 5) is 12.4. The molecule has 0 aliphatic carbocycles. The molecule has 1 amide bonds. The quantitative estimate of drug-likeness (QED) is 0.563. The van der Waals surface area contributed by atoms with Crippen LogP contribution < -0.4 is 10.1 Å². The number of carbonyl (C=O) groups is 1. The van der Waals surface area contributed by atoms with Gasteiger partial charge in [0.25, 0.3) is 5.91 Å². The Labute approximate surface area is 168 Å². The Bertz CT molecular complexity index is 941. The average Bonchev–Trinajstić information content (AvgIpc) is 3.07. The summed E-state index contributed by atoms with van der Waals surface area (Å²) in [6, 6.07) is 13.2. The lowest BCUT2D eigenvalue weighted by atomic mass is 10.2. The number of amides is 1. The van der Waals surface area contributed by atoms with Crippen LogP contribution in [0.1, 0.15) is 28.9 Å². The van der Waals surface area contributed by atoms with Crippen molar-refractivity contribution in [2.45, 2.75) is 19.8 Å². The van der Waals surface area contributed by atoms with Crippen LogP contribution in [0.4, 0.5) is 4.39 Å². The number of halogens is 2. The number of nitrogens with one attached hydrogen (secondary N) is 1. The highest BCUT2D eigenvalue weighted by atomic mass is 35.5. The van der Waals surface area contributed by atoms with E-state index in [1.165, 1.54) is 12.1 Å². The fourth-order valence-corrected chi connectivity index (χ4v) is 2.93. The summed E-state index contributed by atoms with van der Waals surface area (Å²) in [7, 11) is 0. The van der Waals surface area contributed by atoms with E-state index < -0.39 is 0 Å². The van der Waals surface area contributed by atoms with Gasteiger partial charge in [-0.3, -0.25) is 4.79 Å². The van der Waals surface area contributed by atoms with Crippen molar-refractivity contribution in [1.29, 1.82) is 0 Å². The molecule has 2 aromatic carbocycles. The highest BCUT2D eigenvalue weighted by Gasteiger charge is 2.14. The van der Waals surface area contributed by atoms with E-state index >= 15 is 0 Å². The van der Waals surface area contributed by atoms with Crippen molar-refractivity contribution >= 4 is 17.5 Å². The molecule has 3 rings (SSSR count). The molecule has 0 bridgehead atoms. The SMILES string of the molecule is Cc1c(C(=O)NCCCCOc2ccc(F)cc2)cnn1-c1cccc(Cl)c1. The minimum atomic E-state index is -0.288. The normalized spacial score (nSPS) is 10.7. The summed E-state index contributed by atoms with van der Waals surface area (Å²) >= 11 is 6.03. The van der Waals surface area contributed by atoms with Gasteiger partial charge in [-0.25, -0.2) is 9.07 Å². The minimum Gasteiger partial charge on any atom is -0.494 e. The fraction of sp³-hybridized carbons (Fsp3) is 0.238. The number of rotatable bonds is 8. The molecule has 0 aliphatic rings. The van der Waals surface area contributed by atoms with Crippen LogP contribution in [0.25, 0.3) is 5.69 Å². The molecule has 0 atom stereocenters. The van der Waals surface area contributed by atoms with Crippen molar-refractivity contribution in [3.63, 3.8) is 0 Å². The van der Waals surface area contributed by atoms with Crippen molar-refractivity contribution in [3.8, 4) is 11.4 Å². The number of hydrogen-bond acceptors (Lipinski definition) is 3. The molecule has 1 heterocycles. The third kappa shape index (κ3) is 5.10. The Kier molecular flexibility index (Phi) is 6.66. The summed E-state index contributed by atoms with van der Waals surface area (Å²) < 4.78 is 20.0. The number of benzene rings is 2. The van der Waals surface area contributed by atoms with Gasteiger partial charge in [0, 0.05) is 11.6 Å². The van der Waals surface area contributed by atoms with E-state index in [1.54, 1.807) is 35.1 Å². The number of nitrogens with zero attached hydrogens (tertiary/aromatic N) is 2. The topological polar surface area (TPSA) is 56.1 Å². The lowest BCUT2D eigenvalue weighted by Gasteiger charge is -2.08. The van der Waals surface area contributed by atoms with Crippen LogP contribution in [0, 0.1) is 12.7 Å². The fourth-order valence-electron chi connectivity index (χ4n) is 2.75. The lowest BCUT2D eigenvalue weighted by Crippen LogP contribution is -2.25. The van der Waals surface area contributed by atoms with E-state index in [2.05, 4.69) is 10.4 Å². The highest BCUT2D eigenvalue weighted by molar-refractivity contribution is 6.30. The Balaban J connectivity index is 1.44. The van der Waals surface area contributed by atoms with Crippen molar-refractivity contribution in [2.75, 3.05) is 13.2 Å². The van der Waals surface area contributed by atoms with Gasteiger partial charge in [0.1, 0.15) is 11.6 Å². The van der Waals surface area contributed by atoms with Crippen molar-refractivity contribution < 1.29 is 13.9 Å². The molecule has 146 valence electrons. The predicted octanol–water partition coefficient (Wildman–Crippen LogP) is 4.56. The number of hydrogen-bond donors (Lipinski definition) is 1. The predicted molar refractivity (Wildman–Crippen MR) is 107 cm³/mol. The summed E-state index contributed by atoms with van der Waals surface area (Å²) in [5.41, 5.74) is 2.09. The van der Waals surface area contributed by atoms with Gasteiger partial charge in [-0.1, -0.05) is 17.7 Å². The van der Waals surface area contributed by atoms with Gasteiger partial charge < -0.3 is 10.1 Å². The first kappa shape index (κ1) is 19.9. The maximum Gasteiger partial charge on any atom is 0.254 e. The summed E-state index contributed by atoms with van der Waals surface area (Å²) in [5, 5.41) is 7.81. The van der Waals surface area contributed by atoms with Crippen LogP contribution in [0.5, 0.6) is 5.75 Å². The molecule has 0 saturated heterocycles. The first-order chi connectivity index (χ1) is 13.5. The molecule has 0 spiro atoms.